The molecule has 0 N–H and O–H groups in total. The fourth-order valence-electron chi connectivity index (χ4n) is 1.45. The first-order chi connectivity index (χ1) is 8.24. The fraction of sp³-hybridized carbons (Fsp3) is 1.00. The summed E-state index contributed by atoms with van der Waals surface area (Å²) in [6.45, 7) is 0.347. The molecule has 0 saturated carbocycles. The highest BCUT2D eigenvalue weighted by molar-refractivity contribution is 7.87. The zero-order valence-electron chi connectivity index (χ0n) is 10.5. The molecule has 0 saturated heterocycles. The normalized spacial score (nSPS) is 14.6. The highest BCUT2D eigenvalue weighted by Crippen LogP contribution is 2.31. The Labute approximate surface area is 110 Å². The maximum Gasteiger partial charge on any atom is 0.270 e. The van der Waals surface area contributed by atoms with Crippen LogP contribution in [-0.4, -0.2) is 54.2 Å². The summed E-state index contributed by atoms with van der Waals surface area (Å²) in [5, 5.41) is 0. The van der Waals surface area contributed by atoms with E-state index in [1.807, 2.05) is 0 Å². The molecule has 19 heavy (non-hydrogen) atoms. The van der Waals surface area contributed by atoms with E-state index in [-0.39, 0.29) is 0 Å². The van der Waals surface area contributed by atoms with Gasteiger partial charge in [-0.2, -0.15) is 16.8 Å². The van der Waals surface area contributed by atoms with Crippen molar-refractivity contribution in [3.05, 3.63) is 0 Å². The van der Waals surface area contributed by atoms with Gasteiger partial charge in [0.05, 0.1) is 14.2 Å². The number of rotatable bonds is 8. The number of hydrogen-bond acceptors (Lipinski definition) is 6. The van der Waals surface area contributed by atoms with Gasteiger partial charge in [-0.3, -0.25) is 8.37 Å². The maximum atomic E-state index is 14.3. The average molecular weight is 328 g/mol. The number of hydrogen-bond donors (Lipinski definition) is 0. The first kappa shape index (κ1) is 18.6. The lowest BCUT2D eigenvalue weighted by Gasteiger charge is -2.26. The van der Waals surface area contributed by atoms with Crippen LogP contribution in [0.1, 0.15) is 13.3 Å². The van der Waals surface area contributed by atoms with Crippen molar-refractivity contribution in [1.29, 1.82) is 0 Å². The molecule has 6 nitrogen and oxygen atoms in total. The Hall–Kier alpha value is -0.390. The summed E-state index contributed by atoms with van der Waals surface area (Å²) in [5.41, 5.74) is -3.22. The standard InChI is InChI=1S/C8H15F3O6S2/c1-7(9,10)4-8(11,5-18(12,13)16-2)6-19(14,15)17-3/h4-6H2,1-3H3. The number of alkyl halides is 3. The average Bonchev–Trinajstić information content (AvgIpc) is 2.12. The van der Waals surface area contributed by atoms with Gasteiger partial charge in [0.1, 0.15) is 17.2 Å². The molecule has 0 atom stereocenters. The van der Waals surface area contributed by atoms with Gasteiger partial charge in [-0.15, -0.1) is 0 Å². The van der Waals surface area contributed by atoms with Crippen molar-refractivity contribution in [3.8, 4) is 0 Å². The Morgan fingerprint density at radius 3 is 1.42 bits per heavy atom. The van der Waals surface area contributed by atoms with Gasteiger partial charge in [0.15, 0.2) is 0 Å². The summed E-state index contributed by atoms with van der Waals surface area (Å²) in [4.78, 5) is 0. The summed E-state index contributed by atoms with van der Waals surface area (Å²) in [7, 11) is -7.49. The molecule has 0 aliphatic heterocycles. The van der Waals surface area contributed by atoms with Crippen molar-refractivity contribution in [2.45, 2.75) is 24.9 Å². The molecule has 0 heterocycles. The van der Waals surface area contributed by atoms with Crippen molar-refractivity contribution in [2.24, 2.45) is 0 Å². The maximum absolute atomic E-state index is 14.3. The molecule has 0 spiro atoms. The van der Waals surface area contributed by atoms with E-state index in [1.54, 1.807) is 0 Å². The second-order valence-corrected chi connectivity index (χ2v) is 7.61. The van der Waals surface area contributed by atoms with E-state index < -0.39 is 49.8 Å². The summed E-state index contributed by atoms with van der Waals surface area (Å²) < 4.78 is 92.4. The van der Waals surface area contributed by atoms with Crippen LogP contribution in [0, 0.1) is 0 Å². The minimum absolute atomic E-state index is 0.347. The van der Waals surface area contributed by atoms with Crippen molar-refractivity contribution in [1.82, 2.24) is 0 Å². The first-order valence-electron chi connectivity index (χ1n) is 4.88. The smallest absolute Gasteiger partial charge is 0.270 e. The van der Waals surface area contributed by atoms with Gasteiger partial charge in [-0.05, 0) is 6.92 Å². The molecule has 0 radical (unpaired) electrons. The lowest BCUT2D eigenvalue weighted by molar-refractivity contribution is -0.0291. The Morgan fingerprint density at radius 1 is 0.895 bits per heavy atom. The van der Waals surface area contributed by atoms with Crippen LogP contribution in [-0.2, 0) is 28.6 Å². The van der Waals surface area contributed by atoms with Crippen LogP contribution in [0.5, 0.6) is 0 Å². The molecule has 0 aromatic rings. The van der Waals surface area contributed by atoms with Crippen LogP contribution in [0.3, 0.4) is 0 Å². The van der Waals surface area contributed by atoms with Crippen LogP contribution >= 0.6 is 0 Å². The van der Waals surface area contributed by atoms with Gasteiger partial charge in [-0.25, -0.2) is 13.2 Å². The van der Waals surface area contributed by atoms with Crippen molar-refractivity contribution in [3.63, 3.8) is 0 Å². The van der Waals surface area contributed by atoms with E-state index in [1.165, 1.54) is 0 Å². The van der Waals surface area contributed by atoms with Crippen LogP contribution in [0.4, 0.5) is 13.2 Å². The lowest BCUT2D eigenvalue weighted by atomic mass is 10.0. The van der Waals surface area contributed by atoms with E-state index in [0.717, 1.165) is 0 Å². The van der Waals surface area contributed by atoms with Gasteiger partial charge in [0.25, 0.3) is 20.2 Å². The third-order valence-electron chi connectivity index (χ3n) is 2.01. The molecule has 0 aliphatic rings. The molecule has 0 aliphatic carbocycles. The van der Waals surface area contributed by atoms with E-state index in [9.17, 15) is 30.0 Å². The number of halogens is 3. The molecule has 0 aromatic heterocycles. The van der Waals surface area contributed by atoms with Crippen LogP contribution in [0.2, 0.25) is 0 Å². The Kier molecular flexibility index (Phi) is 5.81. The molecule has 116 valence electrons. The molecule has 0 aromatic carbocycles. The van der Waals surface area contributed by atoms with Crippen molar-refractivity contribution < 1.29 is 38.4 Å². The van der Waals surface area contributed by atoms with Gasteiger partial charge in [0.2, 0.25) is 5.92 Å². The van der Waals surface area contributed by atoms with Gasteiger partial charge in [0, 0.05) is 6.42 Å². The zero-order chi connectivity index (χ0) is 15.5. The molecule has 0 fully saturated rings. The summed E-state index contributed by atoms with van der Waals surface area (Å²) >= 11 is 0. The second kappa shape index (κ2) is 5.94. The first-order valence-corrected chi connectivity index (χ1v) is 8.03. The van der Waals surface area contributed by atoms with Crippen molar-refractivity contribution in [2.75, 3.05) is 25.7 Å². The van der Waals surface area contributed by atoms with Crippen molar-refractivity contribution >= 4 is 20.2 Å². The third-order valence-corrected chi connectivity index (χ3v) is 4.76. The Balaban J connectivity index is 5.37. The zero-order valence-corrected chi connectivity index (χ0v) is 12.2. The van der Waals surface area contributed by atoms with Crippen LogP contribution < -0.4 is 0 Å². The highest BCUT2D eigenvalue weighted by atomic mass is 32.2. The Bertz CT molecular complexity index is 457. The molecular weight excluding hydrogens is 313 g/mol. The third kappa shape index (κ3) is 7.70. The largest absolute Gasteiger partial charge is 0.273 e. The summed E-state index contributed by atoms with van der Waals surface area (Å²) in [6, 6.07) is 0. The van der Waals surface area contributed by atoms with E-state index in [2.05, 4.69) is 8.37 Å². The van der Waals surface area contributed by atoms with Gasteiger partial charge < -0.3 is 0 Å². The molecule has 0 bridgehead atoms. The summed E-state index contributed by atoms with van der Waals surface area (Å²) in [5.74, 6) is -6.62. The monoisotopic (exact) mass is 328 g/mol. The molecular formula is C8H15F3O6S2. The van der Waals surface area contributed by atoms with Crippen LogP contribution in [0.15, 0.2) is 0 Å². The molecule has 0 amide bonds. The van der Waals surface area contributed by atoms with Crippen LogP contribution in [0.25, 0.3) is 0 Å². The highest BCUT2D eigenvalue weighted by Gasteiger charge is 2.46. The molecule has 0 unspecified atom stereocenters. The summed E-state index contributed by atoms with van der Waals surface area (Å²) in [6.07, 6.45) is -1.59. The Morgan fingerprint density at radius 2 is 1.21 bits per heavy atom. The minimum atomic E-state index is -4.46. The van der Waals surface area contributed by atoms with Gasteiger partial charge >= 0.3 is 0 Å². The quantitative estimate of drug-likeness (QED) is 0.609. The predicted molar refractivity (Wildman–Crippen MR) is 60.7 cm³/mol. The second-order valence-electron chi connectivity index (χ2n) is 4.14. The minimum Gasteiger partial charge on any atom is -0.273 e. The predicted octanol–water partition coefficient (Wildman–Crippen LogP) is 0.692. The molecule has 11 heteroatoms. The molecule has 0 rings (SSSR count). The van der Waals surface area contributed by atoms with Gasteiger partial charge in [-0.1, -0.05) is 0 Å². The lowest BCUT2D eigenvalue weighted by Crippen LogP contribution is -2.44. The topological polar surface area (TPSA) is 86.7 Å². The van der Waals surface area contributed by atoms with E-state index >= 15 is 0 Å². The van der Waals surface area contributed by atoms with E-state index in [0.29, 0.717) is 21.1 Å². The van der Waals surface area contributed by atoms with E-state index in [4.69, 9.17) is 0 Å². The fourth-order valence-corrected chi connectivity index (χ4v) is 3.49. The SMILES string of the molecule is COS(=O)(=O)CC(F)(CC(C)(F)F)CS(=O)(=O)OC.